The molecule has 0 aliphatic heterocycles. The molecule has 2 unspecified atom stereocenters. The second-order valence-corrected chi connectivity index (χ2v) is 3.01. The van der Waals surface area contributed by atoms with Crippen molar-refractivity contribution >= 4 is 0 Å². The number of rotatable bonds is 2. The first kappa shape index (κ1) is 8.75. The molecular weight excluding hydrogens is 140 g/mol. The zero-order chi connectivity index (χ0) is 8.27. The van der Waals surface area contributed by atoms with Gasteiger partial charge in [-0.15, -0.1) is 0 Å². The largest absolute Gasteiger partial charge is 0.381 e. The molecule has 0 heterocycles. The molecule has 0 aromatic carbocycles. The molecule has 2 nitrogen and oxygen atoms in total. The van der Waals surface area contributed by atoms with Crippen LogP contribution in [0.1, 0.15) is 19.3 Å². The van der Waals surface area contributed by atoms with Crippen molar-refractivity contribution in [1.29, 1.82) is 0 Å². The van der Waals surface area contributed by atoms with E-state index in [0.717, 1.165) is 19.3 Å². The van der Waals surface area contributed by atoms with Crippen LogP contribution < -0.4 is 0 Å². The summed E-state index contributed by atoms with van der Waals surface area (Å²) >= 11 is 0. The lowest BCUT2D eigenvalue weighted by molar-refractivity contribution is 0.0162. The Morgan fingerprint density at radius 2 is 2.09 bits per heavy atom. The van der Waals surface area contributed by atoms with E-state index in [-0.39, 0.29) is 6.10 Å². The molecule has 1 rings (SSSR count). The van der Waals surface area contributed by atoms with Crippen molar-refractivity contribution in [3.8, 4) is 0 Å². The first-order valence-electron chi connectivity index (χ1n) is 4.01. The van der Waals surface area contributed by atoms with E-state index in [4.69, 9.17) is 9.47 Å². The topological polar surface area (TPSA) is 18.5 Å². The summed E-state index contributed by atoms with van der Waals surface area (Å²) in [6.45, 7) is 3.95. The highest BCUT2D eigenvalue weighted by atomic mass is 16.5. The second-order valence-electron chi connectivity index (χ2n) is 3.01. The molecule has 2 heteroatoms. The van der Waals surface area contributed by atoms with Gasteiger partial charge in [-0.2, -0.15) is 0 Å². The fourth-order valence-electron chi connectivity index (χ4n) is 1.51. The van der Waals surface area contributed by atoms with Gasteiger partial charge in [-0.3, -0.25) is 0 Å². The molecule has 1 saturated carbocycles. The molecule has 11 heavy (non-hydrogen) atoms. The molecule has 64 valence electrons. The van der Waals surface area contributed by atoms with E-state index >= 15 is 0 Å². The van der Waals surface area contributed by atoms with Crippen LogP contribution in [0.15, 0.2) is 12.2 Å². The third-order valence-corrected chi connectivity index (χ3v) is 2.34. The van der Waals surface area contributed by atoms with Gasteiger partial charge in [0.05, 0.1) is 12.2 Å². The fraction of sp³-hybridized carbons (Fsp3) is 0.778. The van der Waals surface area contributed by atoms with Crippen LogP contribution in [0, 0.1) is 0 Å². The van der Waals surface area contributed by atoms with Crippen molar-refractivity contribution in [2.45, 2.75) is 31.5 Å². The molecule has 0 N–H and O–H groups in total. The monoisotopic (exact) mass is 156 g/mol. The Labute approximate surface area is 68.2 Å². The molecule has 0 saturated heterocycles. The highest BCUT2D eigenvalue weighted by Gasteiger charge is 2.23. The third-order valence-electron chi connectivity index (χ3n) is 2.34. The van der Waals surface area contributed by atoms with Crippen molar-refractivity contribution in [3.63, 3.8) is 0 Å². The highest BCUT2D eigenvalue weighted by Crippen LogP contribution is 2.26. The average Bonchev–Trinajstić information content (AvgIpc) is 2.05. The van der Waals surface area contributed by atoms with E-state index < -0.39 is 0 Å². The molecule has 1 aliphatic carbocycles. The van der Waals surface area contributed by atoms with Gasteiger partial charge >= 0.3 is 0 Å². The minimum Gasteiger partial charge on any atom is -0.381 e. The molecule has 0 aromatic rings. The van der Waals surface area contributed by atoms with Gasteiger partial charge in [0.15, 0.2) is 0 Å². The van der Waals surface area contributed by atoms with Gasteiger partial charge in [0.25, 0.3) is 0 Å². The Hall–Kier alpha value is -0.340. The Bertz CT molecular complexity index is 142. The van der Waals surface area contributed by atoms with Gasteiger partial charge in [0.2, 0.25) is 0 Å². The van der Waals surface area contributed by atoms with Crippen LogP contribution in [0.3, 0.4) is 0 Å². The molecule has 0 bridgehead atoms. The highest BCUT2D eigenvalue weighted by molar-refractivity contribution is 5.06. The summed E-state index contributed by atoms with van der Waals surface area (Å²) in [4.78, 5) is 0. The molecular formula is C9H16O2. The van der Waals surface area contributed by atoms with Crippen molar-refractivity contribution in [2.24, 2.45) is 0 Å². The quantitative estimate of drug-likeness (QED) is 0.567. The fourth-order valence-corrected chi connectivity index (χ4v) is 1.51. The maximum Gasteiger partial charge on any atom is 0.0803 e. The molecule has 1 fully saturated rings. The maximum atomic E-state index is 5.26. The van der Waals surface area contributed by atoms with Crippen LogP contribution in [0.4, 0.5) is 0 Å². The van der Waals surface area contributed by atoms with E-state index in [1.54, 1.807) is 14.2 Å². The zero-order valence-electron chi connectivity index (χ0n) is 7.30. The van der Waals surface area contributed by atoms with Crippen molar-refractivity contribution < 1.29 is 9.47 Å². The molecule has 0 amide bonds. The van der Waals surface area contributed by atoms with E-state index in [2.05, 4.69) is 6.58 Å². The smallest absolute Gasteiger partial charge is 0.0803 e. The second kappa shape index (κ2) is 3.88. The summed E-state index contributed by atoms with van der Waals surface area (Å²) in [5.41, 5.74) is 1.21. The molecule has 0 radical (unpaired) electrons. The van der Waals surface area contributed by atoms with Crippen LogP contribution in [-0.4, -0.2) is 26.4 Å². The lowest BCUT2D eigenvalue weighted by Crippen LogP contribution is -2.28. The van der Waals surface area contributed by atoms with Crippen molar-refractivity contribution in [1.82, 2.24) is 0 Å². The predicted octanol–water partition coefficient (Wildman–Crippen LogP) is 1.76. The summed E-state index contributed by atoms with van der Waals surface area (Å²) in [5.74, 6) is 0. The summed E-state index contributed by atoms with van der Waals surface area (Å²) in [6.07, 6.45) is 3.68. The Kier molecular flexibility index (Phi) is 3.09. The molecule has 0 spiro atoms. The van der Waals surface area contributed by atoms with Crippen molar-refractivity contribution in [2.75, 3.05) is 14.2 Å². The summed E-state index contributed by atoms with van der Waals surface area (Å²) in [7, 11) is 3.49. The van der Waals surface area contributed by atoms with Crippen LogP contribution in [-0.2, 0) is 9.47 Å². The number of ether oxygens (including phenoxy) is 2. The lowest BCUT2D eigenvalue weighted by atomic mass is 9.91. The van der Waals surface area contributed by atoms with Crippen LogP contribution in [0.25, 0.3) is 0 Å². The molecule has 2 atom stereocenters. The number of methoxy groups -OCH3 is 2. The van der Waals surface area contributed by atoms with E-state index in [1.807, 2.05) is 0 Å². The van der Waals surface area contributed by atoms with Crippen LogP contribution >= 0.6 is 0 Å². The van der Waals surface area contributed by atoms with Gasteiger partial charge in [0.1, 0.15) is 0 Å². The van der Waals surface area contributed by atoms with Gasteiger partial charge in [-0.05, 0) is 18.4 Å². The molecule has 0 aromatic heterocycles. The predicted molar refractivity (Wildman–Crippen MR) is 44.6 cm³/mol. The van der Waals surface area contributed by atoms with Crippen LogP contribution in [0.2, 0.25) is 0 Å². The Morgan fingerprint density at radius 1 is 1.36 bits per heavy atom. The standard InChI is InChI=1S/C9H16O2/c1-7-4-5-8(10-2)6-9(7)11-3/h8-9H,1,4-6H2,2-3H3. The Morgan fingerprint density at radius 3 is 2.64 bits per heavy atom. The van der Waals surface area contributed by atoms with Gasteiger partial charge < -0.3 is 9.47 Å². The van der Waals surface area contributed by atoms with Crippen LogP contribution in [0.5, 0.6) is 0 Å². The summed E-state index contributed by atoms with van der Waals surface area (Å²) < 4.78 is 10.5. The minimum atomic E-state index is 0.216. The number of hydrogen-bond acceptors (Lipinski definition) is 2. The van der Waals surface area contributed by atoms with E-state index in [9.17, 15) is 0 Å². The summed E-state index contributed by atoms with van der Waals surface area (Å²) in [5, 5.41) is 0. The van der Waals surface area contributed by atoms with Gasteiger partial charge in [-0.25, -0.2) is 0 Å². The molecule has 1 aliphatic rings. The number of hydrogen-bond donors (Lipinski definition) is 0. The normalized spacial score (nSPS) is 32.4. The first-order chi connectivity index (χ1) is 5.27. The lowest BCUT2D eigenvalue weighted by Gasteiger charge is -2.28. The summed E-state index contributed by atoms with van der Waals surface area (Å²) in [6, 6.07) is 0. The third kappa shape index (κ3) is 2.04. The first-order valence-corrected chi connectivity index (χ1v) is 4.01. The van der Waals surface area contributed by atoms with Gasteiger partial charge in [0, 0.05) is 20.6 Å². The maximum absolute atomic E-state index is 5.26. The van der Waals surface area contributed by atoms with Crippen molar-refractivity contribution in [3.05, 3.63) is 12.2 Å². The van der Waals surface area contributed by atoms with E-state index in [1.165, 1.54) is 5.57 Å². The Balaban J connectivity index is 2.44. The minimum absolute atomic E-state index is 0.216. The SMILES string of the molecule is C=C1CCC(OC)CC1OC. The average molecular weight is 156 g/mol. The van der Waals surface area contributed by atoms with Gasteiger partial charge in [-0.1, -0.05) is 6.58 Å². The zero-order valence-corrected chi connectivity index (χ0v) is 7.30. The van der Waals surface area contributed by atoms with E-state index in [0.29, 0.717) is 6.10 Å².